The monoisotopic (exact) mass is 306 g/mol. The van der Waals surface area contributed by atoms with Crippen molar-refractivity contribution >= 4 is 11.0 Å². The van der Waals surface area contributed by atoms with Gasteiger partial charge in [0, 0.05) is 5.39 Å². The van der Waals surface area contributed by atoms with E-state index in [9.17, 15) is 5.11 Å². The topological polar surface area (TPSA) is 33.4 Å². The minimum atomic E-state index is -0.559. The number of aryl methyl sites for hydroxylation is 2. The first-order chi connectivity index (χ1) is 11.2. The number of furan rings is 1. The Morgan fingerprint density at radius 3 is 2.39 bits per heavy atom. The van der Waals surface area contributed by atoms with Crippen LogP contribution in [0.25, 0.3) is 11.0 Å². The van der Waals surface area contributed by atoms with E-state index in [0.29, 0.717) is 5.76 Å². The fraction of sp³-hybridized carbons (Fsp3) is 0.333. The van der Waals surface area contributed by atoms with E-state index in [-0.39, 0.29) is 0 Å². The van der Waals surface area contributed by atoms with Gasteiger partial charge in [-0.05, 0) is 67.3 Å². The van der Waals surface area contributed by atoms with Crippen molar-refractivity contribution < 1.29 is 9.52 Å². The van der Waals surface area contributed by atoms with Crippen LogP contribution in [0.4, 0.5) is 0 Å². The Balaban J connectivity index is 1.46. The third kappa shape index (κ3) is 3.18. The Morgan fingerprint density at radius 1 is 1.00 bits per heavy atom. The lowest BCUT2D eigenvalue weighted by molar-refractivity contribution is 0.172. The summed E-state index contributed by atoms with van der Waals surface area (Å²) in [6.07, 6.45) is 4.20. The second-order valence-electron chi connectivity index (χ2n) is 6.71. The fourth-order valence-corrected chi connectivity index (χ4v) is 3.12. The van der Waals surface area contributed by atoms with Crippen LogP contribution in [0.3, 0.4) is 0 Å². The second-order valence-corrected chi connectivity index (χ2v) is 6.71. The summed E-state index contributed by atoms with van der Waals surface area (Å²) in [4.78, 5) is 0. The van der Waals surface area contributed by atoms with Crippen molar-refractivity contribution in [1.82, 2.24) is 0 Å². The summed E-state index contributed by atoms with van der Waals surface area (Å²) in [5, 5.41) is 10.7. The molecule has 1 aromatic heterocycles. The molecule has 1 saturated carbocycles. The maximum atomic E-state index is 9.62. The number of aliphatic hydroxyl groups is 1. The third-order valence-electron chi connectivity index (χ3n) is 4.75. The minimum Gasteiger partial charge on any atom is -0.458 e. The molecule has 2 aromatic carbocycles. The van der Waals surface area contributed by atoms with Crippen LogP contribution in [0.2, 0.25) is 0 Å². The summed E-state index contributed by atoms with van der Waals surface area (Å²) < 4.78 is 5.72. The summed E-state index contributed by atoms with van der Waals surface area (Å²) in [6.45, 7) is 1.73. The smallest absolute Gasteiger partial charge is 0.134 e. The Hall–Kier alpha value is -2.06. The summed E-state index contributed by atoms with van der Waals surface area (Å²) in [5.74, 6) is 1.46. The molecule has 1 fully saturated rings. The van der Waals surface area contributed by atoms with Crippen LogP contribution in [-0.2, 0) is 12.8 Å². The highest BCUT2D eigenvalue weighted by Crippen LogP contribution is 2.39. The van der Waals surface area contributed by atoms with Gasteiger partial charge in [0.05, 0.1) is 0 Å². The molecule has 1 heterocycles. The lowest BCUT2D eigenvalue weighted by Gasteiger charge is -2.04. The van der Waals surface area contributed by atoms with E-state index >= 15 is 0 Å². The van der Waals surface area contributed by atoms with Crippen molar-refractivity contribution in [3.05, 3.63) is 71.0 Å². The van der Waals surface area contributed by atoms with Gasteiger partial charge in [0.25, 0.3) is 0 Å². The zero-order chi connectivity index (χ0) is 15.8. The van der Waals surface area contributed by atoms with Gasteiger partial charge >= 0.3 is 0 Å². The van der Waals surface area contributed by atoms with Crippen molar-refractivity contribution in [2.45, 2.75) is 44.6 Å². The fourth-order valence-electron chi connectivity index (χ4n) is 3.12. The summed E-state index contributed by atoms with van der Waals surface area (Å²) in [5.41, 5.74) is 5.02. The highest BCUT2D eigenvalue weighted by molar-refractivity contribution is 5.78. The number of aliphatic hydroxyl groups excluding tert-OH is 1. The lowest BCUT2D eigenvalue weighted by atomic mass is 10.0. The third-order valence-corrected chi connectivity index (χ3v) is 4.75. The molecule has 118 valence electrons. The molecule has 4 rings (SSSR count). The molecule has 3 aromatic rings. The van der Waals surface area contributed by atoms with Crippen LogP contribution in [0, 0.1) is 0 Å². The van der Waals surface area contributed by atoms with Crippen molar-refractivity contribution in [2.75, 3.05) is 0 Å². The number of fused-ring (bicyclic) bond motifs is 1. The molecule has 2 nitrogen and oxygen atoms in total. The van der Waals surface area contributed by atoms with E-state index in [1.54, 1.807) is 6.92 Å². The first kappa shape index (κ1) is 14.5. The van der Waals surface area contributed by atoms with Gasteiger partial charge in [0.1, 0.15) is 17.4 Å². The molecule has 1 aliphatic carbocycles. The highest BCUT2D eigenvalue weighted by atomic mass is 16.4. The molecule has 0 saturated heterocycles. The molecule has 1 atom stereocenters. The average molecular weight is 306 g/mol. The van der Waals surface area contributed by atoms with E-state index < -0.39 is 6.10 Å². The predicted molar refractivity (Wildman–Crippen MR) is 92.7 cm³/mol. The molecule has 0 radical (unpaired) electrons. The lowest BCUT2D eigenvalue weighted by Crippen LogP contribution is -1.91. The van der Waals surface area contributed by atoms with Crippen LogP contribution in [0.1, 0.15) is 54.2 Å². The van der Waals surface area contributed by atoms with E-state index in [2.05, 4.69) is 42.5 Å². The maximum absolute atomic E-state index is 9.62. The summed E-state index contributed by atoms with van der Waals surface area (Å²) in [6, 6.07) is 17.4. The van der Waals surface area contributed by atoms with Gasteiger partial charge in [-0.15, -0.1) is 0 Å². The van der Waals surface area contributed by atoms with Gasteiger partial charge in [-0.3, -0.25) is 0 Å². The van der Waals surface area contributed by atoms with E-state index in [4.69, 9.17) is 4.42 Å². The van der Waals surface area contributed by atoms with Gasteiger partial charge < -0.3 is 9.52 Å². The van der Waals surface area contributed by atoms with E-state index in [1.165, 1.54) is 29.5 Å². The van der Waals surface area contributed by atoms with E-state index in [0.717, 1.165) is 29.7 Å². The van der Waals surface area contributed by atoms with E-state index in [1.807, 2.05) is 6.07 Å². The largest absolute Gasteiger partial charge is 0.458 e. The molecule has 1 aliphatic rings. The van der Waals surface area contributed by atoms with Crippen LogP contribution in [-0.4, -0.2) is 5.11 Å². The maximum Gasteiger partial charge on any atom is 0.134 e. The van der Waals surface area contributed by atoms with Crippen molar-refractivity contribution in [1.29, 1.82) is 0 Å². The predicted octanol–water partition coefficient (Wildman–Crippen LogP) is 5.15. The molecule has 0 aliphatic heterocycles. The summed E-state index contributed by atoms with van der Waals surface area (Å²) >= 11 is 0. The van der Waals surface area contributed by atoms with Crippen LogP contribution in [0.5, 0.6) is 0 Å². The van der Waals surface area contributed by atoms with Gasteiger partial charge in [-0.25, -0.2) is 0 Å². The number of hydrogen-bond acceptors (Lipinski definition) is 2. The normalized spacial score (nSPS) is 15.9. The first-order valence-corrected chi connectivity index (χ1v) is 8.48. The molecule has 0 spiro atoms. The van der Waals surface area contributed by atoms with Gasteiger partial charge in [-0.1, -0.05) is 36.4 Å². The van der Waals surface area contributed by atoms with Crippen molar-refractivity contribution in [2.24, 2.45) is 0 Å². The quantitative estimate of drug-likeness (QED) is 0.707. The number of hydrogen-bond donors (Lipinski definition) is 1. The highest BCUT2D eigenvalue weighted by Gasteiger charge is 2.22. The minimum absolute atomic E-state index is 0.559. The summed E-state index contributed by atoms with van der Waals surface area (Å²) in [7, 11) is 0. The van der Waals surface area contributed by atoms with Gasteiger partial charge in [0.15, 0.2) is 0 Å². The Kier molecular flexibility index (Phi) is 3.70. The molecule has 0 amide bonds. The Morgan fingerprint density at radius 2 is 1.70 bits per heavy atom. The first-order valence-electron chi connectivity index (χ1n) is 8.48. The molecular formula is C21H22O2. The molecule has 1 unspecified atom stereocenters. The standard InChI is InChI=1S/C21H22O2/c1-14(22)20-13-19-9-6-16(12-21(19)23-20)3-2-15-4-7-17(8-5-15)18-10-11-18/h4-9,12-14,18,22H,2-3,10-11H2,1H3. The van der Waals surface area contributed by atoms with Crippen molar-refractivity contribution in [3.63, 3.8) is 0 Å². The molecular weight excluding hydrogens is 284 g/mol. The zero-order valence-corrected chi connectivity index (χ0v) is 13.5. The van der Waals surface area contributed by atoms with Crippen molar-refractivity contribution in [3.8, 4) is 0 Å². The van der Waals surface area contributed by atoms with Crippen LogP contribution in [0.15, 0.2) is 52.9 Å². The number of benzene rings is 2. The molecule has 23 heavy (non-hydrogen) atoms. The van der Waals surface area contributed by atoms with Crippen LogP contribution >= 0.6 is 0 Å². The zero-order valence-electron chi connectivity index (χ0n) is 13.5. The molecule has 0 bridgehead atoms. The van der Waals surface area contributed by atoms with Crippen LogP contribution < -0.4 is 0 Å². The SMILES string of the molecule is CC(O)c1cc2ccc(CCc3ccc(C4CC4)cc3)cc2o1. The molecule has 2 heteroatoms. The Labute approximate surface area is 136 Å². The van der Waals surface area contributed by atoms with Gasteiger partial charge in [0.2, 0.25) is 0 Å². The average Bonchev–Trinajstić information content (AvgIpc) is 3.32. The Bertz CT molecular complexity index is 807. The second kappa shape index (κ2) is 5.86. The number of rotatable bonds is 5. The van der Waals surface area contributed by atoms with Gasteiger partial charge in [-0.2, -0.15) is 0 Å². The molecule has 1 N–H and O–H groups in total.